The average molecular weight is 445 g/mol. The molecule has 4 rings (SSSR count). The largest absolute Gasteiger partial charge is 0.377 e. The first-order valence-electron chi connectivity index (χ1n) is 10.3. The number of amides is 1. The fourth-order valence-corrected chi connectivity index (χ4v) is 5.15. The Morgan fingerprint density at radius 2 is 1.81 bits per heavy atom. The summed E-state index contributed by atoms with van der Waals surface area (Å²) < 4.78 is 27.2. The van der Waals surface area contributed by atoms with Crippen LogP contribution in [0.15, 0.2) is 47.4 Å². The summed E-state index contributed by atoms with van der Waals surface area (Å²) in [7, 11) is -3.63. The van der Waals surface area contributed by atoms with Crippen LogP contribution in [0.25, 0.3) is 0 Å². The van der Waals surface area contributed by atoms with Crippen molar-refractivity contribution in [2.75, 3.05) is 23.7 Å². The zero-order valence-electron chi connectivity index (χ0n) is 16.9. The van der Waals surface area contributed by atoms with Gasteiger partial charge in [-0.2, -0.15) is 4.31 Å². The van der Waals surface area contributed by atoms with E-state index in [9.17, 15) is 23.3 Å². The van der Waals surface area contributed by atoms with Crippen molar-refractivity contribution >= 4 is 33.0 Å². The first kappa shape index (κ1) is 21.3. The van der Waals surface area contributed by atoms with Crippen LogP contribution in [0.5, 0.6) is 0 Å². The number of nitrogens with zero attached hydrogens (tertiary/aromatic N) is 2. The van der Waals surface area contributed by atoms with Crippen molar-refractivity contribution in [2.45, 2.75) is 43.0 Å². The third-order valence-electron chi connectivity index (χ3n) is 5.44. The number of sulfonamides is 1. The Labute approximate surface area is 180 Å². The molecular weight excluding hydrogens is 420 g/mol. The molecule has 2 aromatic rings. The second kappa shape index (κ2) is 8.64. The summed E-state index contributed by atoms with van der Waals surface area (Å²) in [6, 6.07) is 10.6. The lowest BCUT2D eigenvalue weighted by Gasteiger charge is -2.26. The number of piperidine rings is 1. The van der Waals surface area contributed by atoms with E-state index < -0.39 is 20.9 Å². The van der Waals surface area contributed by atoms with E-state index in [-0.39, 0.29) is 22.2 Å². The number of nitro groups is 1. The lowest BCUT2D eigenvalue weighted by Crippen LogP contribution is -2.35. The molecule has 0 aromatic heterocycles. The van der Waals surface area contributed by atoms with E-state index in [0.29, 0.717) is 24.5 Å². The summed E-state index contributed by atoms with van der Waals surface area (Å²) in [4.78, 5) is 23.7. The van der Waals surface area contributed by atoms with Gasteiger partial charge in [-0.05, 0) is 56.0 Å². The van der Waals surface area contributed by atoms with Gasteiger partial charge in [-0.3, -0.25) is 14.9 Å². The molecule has 1 saturated heterocycles. The maximum Gasteiger partial charge on any atom is 0.293 e. The average Bonchev–Trinajstić information content (AvgIpc) is 3.58. The van der Waals surface area contributed by atoms with Gasteiger partial charge in [0.2, 0.25) is 10.0 Å². The predicted octanol–water partition coefficient (Wildman–Crippen LogP) is 3.60. The van der Waals surface area contributed by atoms with E-state index in [1.807, 2.05) is 0 Å². The topological polar surface area (TPSA) is 122 Å². The summed E-state index contributed by atoms with van der Waals surface area (Å²) in [6.45, 7) is 0.980. The highest BCUT2D eigenvalue weighted by molar-refractivity contribution is 7.89. The molecule has 0 bridgehead atoms. The molecule has 1 aliphatic heterocycles. The Kier molecular flexibility index (Phi) is 5.92. The summed E-state index contributed by atoms with van der Waals surface area (Å²) in [5, 5.41) is 17.2. The minimum atomic E-state index is -3.63. The van der Waals surface area contributed by atoms with Gasteiger partial charge in [0.15, 0.2) is 0 Å². The van der Waals surface area contributed by atoms with Crippen molar-refractivity contribution in [3.05, 3.63) is 58.1 Å². The predicted molar refractivity (Wildman–Crippen MR) is 117 cm³/mol. The van der Waals surface area contributed by atoms with Gasteiger partial charge in [-0.1, -0.05) is 12.5 Å². The van der Waals surface area contributed by atoms with E-state index in [1.165, 1.54) is 34.6 Å². The number of nitro benzene ring substituents is 1. The van der Waals surface area contributed by atoms with Crippen LogP contribution in [0.4, 0.5) is 17.1 Å². The third kappa shape index (κ3) is 4.86. The number of carbonyl (C=O) groups excluding carboxylic acids is 1. The van der Waals surface area contributed by atoms with Crippen molar-refractivity contribution in [1.82, 2.24) is 4.31 Å². The van der Waals surface area contributed by atoms with Crippen LogP contribution in [0, 0.1) is 10.1 Å². The van der Waals surface area contributed by atoms with Gasteiger partial charge in [0.25, 0.3) is 11.6 Å². The molecule has 31 heavy (non-hydrogen) atoms. The number of rotatable bonds is 7. The van der Waals surface area contributed by atoms with Gasteiger partial charge < -0.3 is 10.6 Å². The smallest absolute Gasteiger partial charge is 0.293 e. The van der Waals surface area contributed by atoms with E-state index in [4.69, 9.17) is 0 Å². The van der Waals surface area contributed by atoms with Gasteiger partial charge >= 0.3 is 0 Å². The van der Waals surface area contributed by atoms with Crippen molar-refractivity contribution in [3.63, 3.8) is 0 Å². The van der Waals surface area contributed by atoms with Gasteiger partial charge in [-0.15, -0.1) is 0 Å². The first-order chi connectivity index (χ1) is 14.8. The van der Waals surface area contributed by atoms with Crippen LogP contribution in [-0.2, 0) is 10.0 Å². The quantitative estimate of drug-likeness (QED) is 0.497. The highest BCUT2D eigenvalue weighted by Gasteiger charge is 2.27. The molecule has 164 valence electrons. The van der Waals surface area contributed by atoms with E-state index in [1.54, 1.807) is 12.1 Å². The fraction of sp³-hybridized carbons (Fsp3) is 0.381. The Hall–Kier alpha value is -2.98. The normalized spacial score (nSPS) is 17.2. The van der Waals surface area contributed by atoms with Crippen LogP contribution >= 0.6 is 0 Å². The molecule has 2 aliphatic rings. The molecule has 0 radical (unpaired) electrons. The van der Waals surface area contributed by atoms with E-state index >= 15 is 0 Å². The maximum atomic E-state index is 12.9. The summed E-state index contributed by atoms with van der Waals surface area (Å²) in [6.07, 6.45) is 4.62. The second-order valence-electron chi connectivity index (χ2n) is 7.85. The monoisotopic (exact) mass is 444 g/mol. The standard InChI is InChI=1S/C21H24N4O5S/c26-21(15-7-10-19(22-16-8-9-16)20(13-15)25(27)28)23-17-5-4-6-18(14-17)31(29,30)24-11-2-1-3-12-24/h4-7,10,13-14,16,22H,1-3,8-9,11-12H2,(H,23,26). The molecular formula is C21H24N4O5S. The van der Waals surface area contributed by atoms with E-state index in [0.717, 1.165) is 32.1 Å². The lowest BCUT2D eigenvalue weighted by atomic mass is 10.1. The molecule has 0 spiro atoms. The lowest BCUT2D eigenvalue weighted by molar-refractivity contribution is -0.384. The van der Waals surface area contributed by atoms with Crippen molar-refractivity contribution in [3.8, 4) is 0 Å². The third-order valence-corrected chi connectivity index (χ3v) is 7.33. The molecule has 0 unspecified atom stereocenters. The van der Waals surface area contributed by atoms with Crippen LogP contribution in [-0.4, -0.2) is 42.7 Å². The van der Waals surface area contributed by atoms with E-state index in [2.05, 4.69) is 10.6 Å². The molecule has 1 saturated carbocycles. The van der Waals surface area contributed by atoms with Gasteiger partial charge in [0.1, 0.15) is 5.69 Å². The van der Waals surface area contributed by atoms with Crippen LogP contribution in [0.1, 0.15) is 42.5 Å². The number of anilines is 2. The molecule has 10 heteroatoms. The number of benzene rings is 2. The highest BCUT2D eigenvalue weighted by Crippen LogP contribution is 2.32. The molecule has 1 heterocycles. The number of nitrogens with one attached hydrogen (secondary N) is 2. The summed E-state index contributed by atoms with van der Waals surface area (Å²) >= 11 is 0. The van der Waals surface area contributed by atoms with Gasteiger partial charge in [-0.25, -0.2) is 8.42 Å². The molecule has 9 nitrogen and oxygen atoms in total. The van der Waals surface area contributed by atoms with Gasteiger partial charge in [0, 0.05) is 36.4 Å². The molecule has 1 amide bonds. The van der Waals surface area contributed by atoms with Crippen LogP contribution < -0.4 is 10.6 Å². The van der Waals surface area contributed by atoms with Crippen molar-refractivity contribution in [1.29, 1.82) is 0 Å². The highest BCUT2D eigenvalue weighted by atomic mass is 32.2. The van der Waals surface area contributed by atoms with Gasteiger partial charge in [0.05, 0.1) is 9.82 Å². The maximum absolute atomic E-state index is 12.9. The second-order valence-corrected chi connectivity index (χ2v) is 9.79. The molecule has 2 N–H and O–H groups in total. The first-order valence-corrected chi connectivity index (χ1v) is 11.8. The zero-order chi connectivity index (χ0) is 22.0. The SMILES string of the molecule is O=C(Nc1cccc(S(=O)(=O)N2CCCCC2)c1)c1ccc(NC2CC2)c([N+](=O)[O-])c1. The Bertz CT molecular complexity index is 1110. The molecule has 1 aliphatic carbocycles. The number of hydrogen-bond acceptors (Lipinski definition) is 6. The Morgan fingerprint density at radius 3 is 2.48 bits per heavy atom. The fourth-order valence-electron chi connectivity index (χ4n) is 3.59. The molecule has 2 aromatic carbocycles. The van der Waals surface area contributed by atoms with Crippen LogP contribution in [0.3, 0.4) is 0 Å². The summed E-state index contributed by atoms with van der Waals surface area (Å²) in [5.74, 6) is -0.548. The molecule has 2 fully saturated rings. The molecule has 0 atom stereocenters. The number of carbonyl (C=O) groups is 1. The minimum Gasteiger partial charge on any atom is -0.377 e. The Balaban J connectivity index is 1.53. The van der Waals surface area contributed by atoms with Crippen LogP contribution in [0.2, 0.25) is 0 Å². The zero-order valence-corrected chi connectivity index (χ0v) is 17.7. The minimum absolute atomic E-state index is 0.113. The van der Waals surface area contributed by atoms with Crippen molar-refractivity contribution < 1.29 is 18.1 Å². The Morgan fingerprint density at radius 1 is 1.06 bits per heavy atom. The van der Waals surface area contributed by atoms with Crippen molar-refractivity contribution in [2.24, 2.45) is 0 Å². The number of hydrogen-bond donors (Lipinski definition) is 2. The summed E-state index contributed by atoms with van der Waals surface area (Å²) in [5.41, 5.74) is 0.655.